The summed E-state index contributed by atoms with van der Waals surface area (Å²) in [7, 11) is 0. The summed E-state index contributed by atoms with van der Waals surface area (Å²) >= 11 is 0. The number of hydrogen-bond acceptors (Lipinski definition) is 5. The van der Waals surface area contributed by atoms with Crippen molar-refractivity contribution in [2.75, 3.05) is 6.61 Å². The summed E-state index contributed by atoms with van der Waals surface area (Å²) in [6, 6.07) is 1.35. The van der Waals surface area contributed by atoms with E-state index in [1.54, 1.807) is 0 Å². The fourth-order valence-corrected chi connectivity index (χ4v) is 3.68. The van der Waals surface area contributed by atoms with Crippen LogP contribution in [0.2, 0.25) is 0 Å². The van der Waals surface area contributed by atoms with Crippen LogP contribution >= 0.6 is 0 Å². The number of ether oxygens (including phenoxy) is 1. The molecule has 6 heteroatoms. The van der Waals surface area contributed by atoms with E-state index in [4.69, 9.17) is 14.3 Å². The molecule has 0 radical (unpaired) electrons. The Morgan fingerprint density at radius 3 is 2.00 bits per heavy atom. The third kappa shape index (κ3) is 13.1. The molecule has 1 heterocycles. The number of rotatable bonds is 21. The van der Waals surface area contributed by atoms with Crippen molar-refractivity contribution < 1.29 is 28.6 Å². The fourth-order valence-electron chi connectivity index (χ4n) is 3.68. The number of carbonyl (C=O) groups excluding carboxylic acids is 2. The molecular weight excluding hydrogens is 420 g/mol. The molecule has 1 aromatic heterocycles. The van der Waals surface area contributed by atoms with Gasteiger partial charge in [-0.05, 0) is 39.0 Å². The van der Waals surface area contributed by atoms with Crippen LogP contribution in [0.1, 0.15) is 114 Å². The van der Waals surface area contributed by atoms with Gasteiger partial charge in [0.05, 0.1) is 12.2 Å². The largest absolute Gasteiger partial charge is 0.480 e. The summed E-state index contributed by atoms with van der Waals surface area (Å²) in [5.41, 5.74) is 0.0358. The summed E-state index contributed by atoms with van der Waals surface area (Å²) in [5.74, 6) is -4.49. The molecule has 1 rings (SSSR count). The van der Waals surface area contributed by atoms with E-state index in [2.05, 4.69) is 19.1 Å². The number of unbranched alkanes of at least 4 members (excludes halogenated alkanes) is 12. The van der Waals surface area contributed by atoms with E-state index in [-0.39, 0.29) is 11.5 Å². The zero-order valence-corrected chi connectivity index (χ0v) is 20.5. The molecule has 0 saturated carbocycles. The monoisotopic (exact) mass is 462 g/mol. The zero-order valence-electron chi connectivity index (χ0n) is 20.5. The van der Waals surface area contributed by atoms with Gasteiger partial charge in [0.25, 0.3) is 5.95 Å². The Morgan fingerprint density at radius 2 is 1.45 bits per heavy atom. The number of carboxylic acids is 1. The van der Waals surface area contributed by atoms with Crippen molar-refractivity contribution in [1.29, 1.82) is 0 Å². The highest BCUT2D eigenvalue weighted by Crippen LogP contribution is 2.20. The Morgan fingerprint density at radius 1 is 0.909 bits per heavy atom. The Labute approximate surface area is 198 Å². The number of hydrogen-bond donors (Lipinski definition) is 1. The molecule has 186 valence electrons. The SMILES string of the molecule is CCCCCCCC/C=C/CCCCCCCCOc1cc(C(=O)C(C(C)=O)C(=O)O)co1. The first-order chi connectivity index (χ1) is 16.0. The van der Waals surface area contributed by atoms with E-state index >= 15 is 0 Å². The lowest BCUT2D eigenvalue weighted by molar-refractivity contribution is -0.143. The molecule has 1 aromatic rings. The van der Waals surface area contributed by atoms with E-state index in [0.717, 1.165) is 32.4 Å². The van der Waals surface area contributed by atoms with Crippen LogP contribution in [0.15, 0.2) is 28.9 Å². The van der Waals surface area contributed by atoms with Gasteiger partial charge in [0.15, 0.2) is 17.5 Å². The lowest BCUT2D eigenvalue weighted by Gasteiger charge is -2.05. The maximum atomic E-state index is 12.2. The number of ketones is 2. The fraction of sp³-hybridized carbons (Fsp3) is 0.667. The van der Waals surface area contributed by atoms with Crippen LogP contribution in [0.4, 0.5) is 0 Å². The second kappa shape index (κ2) is 18.1. The molecule has 0 aromatic carbocycles. The quantitative estimate of drug-likeness (QED) is 0.0901. The highest BCUT2D eigenvalue weighted by molar-refractivity contribution is 6.21. The first kappa shape index (κ1) is 28.7. The Balaban J connectivity index is 2.02. The van der Waals surface area contributed by atoms with Crippen molar-refractivity contribution in [2.24, 2.45) is 5.92 Å². The molecule has 0 spiro atoms. The summed E-state index contributed by atoms with van der Waals surface area (Å²) in [5, 5.41) is 9.04. The maximum Gasteiger partial charge on any atom is 0.322 e. The third-order valence-corrected chi connectivity index (χ3v) is 5.68. The molecule has 6 nitrogen and oxygen atoms in total. The van der Waals surface area contributed by atoms with Gasteiger partial charge in [0.2, 0.25) is 0 Å². The molecule has 1 atom stereocenters. The Hall–Kier alpha value is -2.37. The molecular formula is C27H42O6. The van der Waals surface area contributed by atoms with Crippen molar-refractivity contribution in [3.63, 3.8) is 0 Å². The summed E-state index contributed by atoms with van der Waals surface area (Å²) in [4.78, 5) is 34.6. The summed E-state index contributed by atoms with van der Waals surface area (Å²) in [6.45, 7) is 3.81. The molecule has 1 N–H and O–H groups in total. The number of carboxylic acid groups (broad SMARTS) is 1. The molecule has 0 amide bonds. The summed E-state index contributed by atoms with van der Waals surface area (Å²) < 4.78 is 10.7. The van der Waals surface area contributed by atoms with E-state index in [1.807, 2.05) is 0 Å². The molecule has 33 heavy (non-hydrogen) atoms. The normalized spacial score (nSPS) is 12.2. The smallest absolute Gasteiger partial charge is 0.322 e. The Bertz CT molecular complexity index is 704. The topological polar surface area (TPSA) is 93.8 Å². The highest BCUT2D eigenvalue weighted by atomic mass is 16.6. The molecule has 0 aliphatic rings. The summed E-state index contributed by atoms with van der Waals surface area (Å²) in [6.07, 6.45) is 23.1. The minimum atomic E-state index is -1.70. The van der Waals surface area contributed by atoms with Gasteiger partial charge in [-0.1, -0.05) is 76.9 Å². The predicted molar refractivity (Wildman–Crippen MR) is 130 cm³/mol. The third-order valence-electron chi connectivity index (χ3n) is 5.68. The average molecular weight is 463 g/mol. The second-order valence-electron chi connectivity index (χ2n) is 8.69. The van der Waals surface area contributed by atoms with Crippen LogP contribution in [0, 0.1) is 5.92 Å². The average Bonchev–Trinajstić information content (AvgIpc) is 3.24. The zero-order chi connectivity index (χ0) is 24.3. The molecule has 0 aliphatic heterocycles. The van der Waals surface area contributed by atoms with E-state index in [1.165, 1.54) is 76.7 Å². The lowest BCUT2D eigenvalue weighted by atomic mass is 9.96. The molecule has 0 bridgehead atoms. The predicted octanol–water partition coefficient (Wildman–Crippen LogP) is 7.17. The first-order valence-electron chi connectivity index (χ1n) is 12.6. The van der Waals surface area contributed by atoms with Crippen LogP contribution in [-0.4, -0.2) is 29.2 Å². The maximum absolute atomic E-state index is 12.2. The standard InChI is InChI=1S/C27H42O6/c1-3-4-5-6-7-8-9-10-11-12-13-14-15-16-17-18-19-32-24-20-23(21-33-24)26(29)25(22(2)28)27(30)31/h10-11,20-21,25H,3-9,12-19H2,1-2H3,(H,30,31)/b11-10+. The van der Waals surface area contributed by atoms with Crippen molar-refractivity contribution in [3.8, 4) is 5.95 Å². The minimum Gasteiger partial charge on any atom is -0.480 e. The van der Waals surface area contributed by atoms with Gasteiger partial charge in [-0.2, -0.15) is 0 Å². The number of aliphatic carboxylic acids is 1. The van der Waals surface area contributed by atoms with Crippen LogP contribution in [0.25, 0.3) is 0 Å². The van der Waals surface area contributed by atoms with Gasteiger partial charge in [0.1, 0.15) is 6.26 Å². The van der Waals surface area contributed by atoms with Crippen molar-refractivity contribution in [1.82, 2.24) is 0 Å². The number of carbonyl (C=O) groups is 3. The van der Waals surface area contributed by atoms with E-state index in [9.17, 15) is 14.4 Å². The number of Topliss-reactive ketones (excluding diaryl/α,β-unsaturated/α-hetero) is 2. The molecule has 0 saturated heterocycles. The van der Waals surface area contributed by atoms with Gasteiger partial charge >= 0.3 is 5.97 Å². The number of allylic oxidation sites excluding steroid dienone is 2. The van der Waals surface area contributed by atoms with Crippen LogP contribution in [-0.2, 0) is 9.59 Å². The van der Waals surface area contributed by atoms with E-state index < -0.39 is 23.5 Å². The van der Waals surface area contributed by atoms with Crippen molar-refractivity contribution in [3.05, 3.63) is 30.0 Å². The van der Waals surface area contributed by atoms with Crippen LogP contribution in [0.3, 0.4) is 0 Å². The van der Waals surface area contributed by atoms with E-state index in [0.29, 0.717) is 6.61 Å². The Kier molecular flexibility index (Phi) is 15.7. The molecule has 0 aliphatic carbocycles. The number of furan rings is 1. The van der Waals surface area contributed by atoms with Crippen LogP contribution in [0.5, 0.6) is 5.95 Å². The first-order valence-corrected chi connectivity index (χ1v) is 12.6. The van der Waals surface area contributed by atoms with Gasteiger partial charge in [-0.25, -0.2) is 0 Å². The highest BCUT2D eigenvalue weighted by Gasteiger charge is 2.32. The van der Waals surface area contributed by atoms with Crippen LogP contribution < -0.4 is 4.74 Å². The van der Waals surface area contributed by atoms with Gasteiger partial charge in [0, 0.05) is 6.07 Å². The van der Waals surface area contributed by atoms with Crippen molar-refractivity contribution in [2.45, 2.75) is 104 Å². The molecule has 1 unspecified atom stereocenters. The second-order valence-corrected chi connectivity index (χ2v) is 8.69. The van der Waals surface area contributed by atoms with Gasteiger partial charge in [-0.15, -0.1) is 0 Å². The van der Waals surface area contributed by atoms with Gasteiger partial charge < -0.3 is 14.3 Å². The minimum absolute atomic E-state index is 0.0358. The van der Waals surface area contributed by atoms with Gasteiger partial charge in [-0.3, -0.25) is 14.4 Å². The molecule has 0 fully saturated rings. The van der Waals surface area contributed by atoms with Crippen molar-refractivity contribution >= 4 is 17.5 Å². The lowest BCUT2D eigenvalue weighted by Crippen LogP contribution is -2.29.